The zero-order valence-corrected chi connectivity index (χ0v) is 12.6. The van der Waals surface area contributed by atoms with E-state index in [1.807, 2.05) is 24.3 Å². The first-order valence-electron chi connectivity index (χ1n) is 7.44. The smallest absolute Gasteiger partial charge is 0.251 e. The van der Waals surface area contributed by atoms with Crippen molar-refractivity contribution in [1.29, 1.82) is 0 Å². The van der Waals surface area contributed by atoms with Crippen LogP contribution < -0.4 is 10.7 Å². The largest absolute Gasteiger partial charge is 0.355 e. The SMILES string of the molecule is CNC(=O)c1ccc(CNN2C(C)CCCC2C)cc1. The number of nitrogens with zero attached hydrogens (tertiary/aromatic N) is 1. The molecule has 0 aliphatic carbocycles. The molecule has 1 aliphatic rings. The topological polar surface area (TPSA) is 44.4 Å². The highest BCUT2D eigenvalue weighted by atomic mass is 16.1. The van der Waals surface area contributed by atoms with Crippen molar-refractivity contribution in [2.75, 3.05) is 7.05 Å². The number of hydrogen-bond donors (Lipinski definition) is 2. The van der Waals surface area contributed by atoms with Gasteiger partial charge in [-0.25, -0.2) is 5.01 Å². The second-order valence-corrected chi connectivity index (χ2v) is 5.65. The van der Waals surface area contributed by atoms with E-state index < -0.39 is 0 Å². The number of benzene rings is 1. The van der Waals surface area contributed by atoms with Crippen molar-refractivity contribution < 1.29 is 4.79 Å². The molecule has 1 aromatic carbocycles. The number of amides is 1. The Balaban J connectivity index is 1.92. The van der Waals surface area contributed by atoms with Gasteiger partial charge in [-0.2, -0.15) is 0 Å². The zero-order valence-electron chi connectivity index (χ0n) is 12.6. The molecule has 20 heavy (non-hydrogen) atoms. The van der Waals surface area contributed by atoms with Crippen molar-refractivity contribution in [1.82, 2.24) is 15.8 Å². The van der Waals surface area contributed by atoms with Gasteiger partial charge in [-0.3, -0.25) is 10.2 Å². The van der Waals surface area contributed by atoms with Crippen LogP contribution in [0.3, 0.4) is 0 Å². The van der Waals surface area contributed by atoms with Gasteiger partial charge in [0.05, 0.1) is 0 Å². The summed E-state index contributed by atoms with van der Waals surface area (Å²) < 4.78 is 0. The number of nitrogens with one attached hydrogen (secondary N) is 2. The molecule has 2 rings (SSSR count). The lowest BCUT2D eigenvalue weighted by atomic mass is 10.00. The predicted molar refractivity (Wildman–Crippen MR) is 81.3 cm³/mol. The monoisotopic (exact) mass is 275 g/mol. The Bertz CT molecular complexity index is 434. The summed E-state index contributed by atoms with van der Waals surface area (Å²) in [5.74, 6) is -0.0391. The highest BCUT2D eigenvalue weighted by molar-refractivity contribution is 5.93. The minimum absolute atomic E-state index is 0.0391. The Morgan fingerprint density at radius 2 is 1.80 bits per heavy atom. The van der Waals surface area contributed by atoms with E-state index >= 15 is 0 Å². The minimum atomic E-state index is -0.0391. The third kappa shape index (κ3) is 3.58. The number of rotatable bonds is 4. The van der Waals surface area contributed by atoms with Gasteiger partial charge in [0, 0.05) is 31.2 Å². The van der Waals surface area contributed by atoms with E-state index in [0.717, 1.165) is 6.54 Å². The maximum atomic E-state index is 11.5. The number of carbonyl (C=O) groups is 1. The molecule has 1 aromatic rings. The molecule has 1 saturated heterocycles. The summed E-state index contributed by atoms with van der Waals surface area (Å²) in [6.07, 6.45) is 3.83. The Hall–Kier alpha value is -1.39. The van der Waals surface area contributed by atoms with Crippen LogP contribution >= 0.6 is 0 Å². The van der Waals surface area contributed by atoms with Gasteiger partial charge in [0.15, 0.2) is 0 Å². The summed E-state index contributed by atoms with van der Waals surface area (Å²) >= 11 is 0. The molecule has 0 spiro atoms. The molecule has 2 N–H and O–H groups in total. The molecule has 4 nitrogen and oxygen atoms in total. The van der Waals surface area contributed by atoms with Crippen LogP contribution in [0.4, 0.5) is 0 Å². The molecule has 1 heterocycles. The van der Waals surface area contributed by atoms with Crippen molar-refractivity contribution in [3.05, 3.63) is 35.4 Å². The fourth-order valence-electron chi connectivity index (χ4n) is 2.83. The van der Waals surface area contributed by atoms with Gasteiger partial charge in [0.25, 0.3) is 5.91 Å². The van der Waals surface area contributed by atoms with E-state index in [9.17, 15) is 4.79 Å². The van der Waals surface area contributed by atoms with Crippen molar-refractivity contribution in [2.45, 2.75) is 51.7 Å². The maximum Gasteiger partial charge on any atom is 0.251 e. The Kier molecular flexibility index (Phi) is 5.15. The first-order valence-corrected chi connectivity index (χ1v) is 7.44. The summed E-state index contributed by atoms with van der Waals surface area (Å²) in [7, 11) is 1.65. The summed E-state index contributed by atoms with van der Waals surface area (Å²) in [4.78, 5) is 11.5. The standard InChI is InChI=1S/C16H25N3O/c1-12-5-4-6-13(2)19(12)18-11-14-7-9-15(10-8-14)16(20)17-3/h7-10,12-13,18H,4-6,11H2,1-3H3,(H,17,20). The van der Waals surface area contributed by atoms with Crippen LogP contribution in [0.2, 0.25) is 0 Å². The highest BCUT2D eigenvalue weighted by Gasteiger charge is 2.23. The Morgan fingerprint density at radius 3 is 2.35 bits per heavy atom. The molecule has 4 heteroatoms. The lowest BCUT2D eigenvalue weighted by molar-refractivity contribution is 0.0435. The number of hydrazine groups is 1. The molecule has 0 radical (unpaired) electrons. The number of carbonyl (C=O) groups excluding carboxylic acids is 1. The highest BCUT2D eigenvalue weighted by Crippen LogP contribution is 2.20. The van der Waals surface area contributed by atoms with E-state index in [0.29, 0.717) is 17.6 Å². The van der Waals surface area contributed by atoms with Gasteiger partial charge < -0.3 is 5.32 Å². The maximum absolute atomic E-state index is 11.5. The number of piperidine rings is 1. The molecule has 1 fully saturated rings. The van der Waals surface area contributed by atoms with Gasteiger partial charge in [0.2, 0.25) is 0 Å². The summed E-state index contributed by atoms with van der Waals surface area (Å²) in [6, 6.07) is 8.94. The van der Waals surface area contributed by atoms with Crippen LogP contribution in [-0.4, -0.2) is 30.0 Å². The van der Waals surface area contributed by atoms with Crippen LogP contribution in [0.1, 0.15) is 49.0 Å². The fraction of sp³-hybridized carbons (Fsp3) is 0.562. The van der Waals surface area contributed by atoms with E-state index in [4.69, 9.17) is 0 Å². The van der Waals surface area contributed by atoms with Gasteiger partial charge in [-0.1, -0.05) is 18.6 Å². The second kappa shape index (κ2) is 6.86. The molecule has 110 valence electrons. The third-order valence-electron chi connectivity index (χ3n) is 4.10. The van der Waals surface area contributed by atoms with E-state index in [1.54, 1.807) is 7.05 Å². The lowest BCUT2D eigenvalue weighted by Crippen LogP contribution is -2.51. The average molecular weight is 275 g/mol. The summed E-state index contributed by atoms with van der Waals surface area (Å²) in [5, 5.41) is 5.00. The van der Waals surface area contributed by atoms with Crippen molar-refractivity contribution in [2.24, 2.45) is 0 Å². The summed E-state index contributed by atoms with van der Waals surface area (Å²) in [6.45, 7) is 5.36. The molecular weight excluding hydrogens is 250 g/mol. The third-order valence-corrected chi connectivity index (χ3v) is 4.10. The van der Waals surface area contributed by atoms with E-state index in [2.05, 4.69) is 29.6 Å². The second-order valence-electron chi connectivity index (χ2n) is 5.65. The summed E-state index contributed by atoms with van der Waals surface area (Å²) in [5.41, 5.74) is 5.43. The first kappa shape index (κ1) is 15.0. The molecule has 0 aromatic heterocycles. The van der Waals surface area contributed by atoms with E-state index in [-0.39, 0.29) is 5.91 Å². The first-order chi connectivity index (χ1) is 9.61. The fourth-order valence-corrected chi connectivity index (χ4v) is 2.83. The van der Waals surface area contributed by atoms with Crippen LogP contribution in [0, 0.1) is 0 Å². The van der Waals surface area contributed by atoms with Gasteiger partial charge in [-0.15, -0.1) is 0 Å². The van der Waals surface area contributed by atoms with Crippen molar-refractivity contribution in [3.63, 3.8) is 0 Å². The molecule has 1 aliphatic heterocycles. The van der Waals surface area contributed by atoms with Crippen LogP contribution in [0.25, 0.3) is 0 Å². The molecule has 1 amide bonds. The lowest BCUT2D eigenvalue weighted by Gasteiger charge is -2.39. The van der Waals surface area contributed by atoms with E-state index in [1.165, 1.54) is 24.8 Å². The molecule has 2 atom stereocenters. The zero-order chi connectivity index (χ0) is 14.5. The molecule has 2 unspecified atom stereocenters. The van der Waals surface area contributed by atoms with Gasteiger partial charge in [-0.05, 0) is 44.4 Å². The average Bonchev–Trinajstić information content (AvgIpc) is 2.46. The number of hydrogen-bond acceptors (Lipinski definition) is 3. The molecule has 0 bridgehead atoms. The molecular formula is C16H25N3O. The van der Waals surface area contributed by atoms with Crippen molar-refractivity contribution >= 4 is 5.91 Å². The van der Waals surface area contributed by atoms with Crippen LogP contribution in [-0.2, 0) is 6.54 Å². The van der Waals surface area contributed by atoms with Gasteiger partial charge >= 0.3 is 0 Å². The van der Waals surface area contributed by atoms with Crippen LogP contribution in [0.5, 0.6) is 0 Å². The minimum Gasteiger partial charge on any atom is -0.355 e. The predicted octanol–water partition coefficient (Wildman–Crippen LogP) is 2.31. The normalized spacial score (nSPS) is 23.6. The quantitative estimate of drug-likeness (QED) is 0.886. The Labute approximate surface area is 121 Å². The Morgan fingerprint density at radius 1 is 1.20 bits per heavy atom. The van der Waals surface area contributed by atoms with Crippen LogP contribution in [0.15, 0.2) is 24.3 Å². The van der Waals surface area contributed by atoms with Crippen molar-refractivity contribution in [3.8, 4) is 0 Å². The molecule has 0 saturated carbocycles. The van der Waals surface area contributed by atoms with Gasteiger partial charge in [0.1, 0.15) is 0 Å².